The molecule has 0 radical (unpaired) electrons. The van der Waals surface area contributed by atoms with Crippen LogP contribution in [0.3, 0.4) is 0 Å². The molecule has 0 bridgehead atoms. The highest BCUT2D eigenvalue weighted by Crippen LogP contribution is 2.59. The molecule has 2 aliphatic carbocycles. The minimum atomic E-state index is -0.318. The molecule has 2 heteroatoms. The van der Waals surface area contributed by atoms with Gasteiger partial charge in [-0.1, -0.05) is 222 Å². The molecule has 0 aromatic heterocycles. The van der Waals surface area contributed by atoms with Gasteiger partial charge in [-0.3, -0.25) is 0 Å². The number of benzene rings is 15. The zero-order valence-corrected chi connectivity index (χ0v) is 50.0. The molecular weight excluding hydrogens is 1040 g/mol. The van der Waals surface area contributed by atoms with Gasteiger partial charge >= 0.3 is 0 Å². The molecule has 0 atom stereocenters. The van der Waals surface area contributed by atoms with E-state index in [1.807, 2.05) is 0 Å². The van der Waals surface area contributed by atoms with Gasteiger partial charge in [-0.15, -0.1) is 0 Å². The van der Waals surface area contributed by atoms with Crippen LogP contribution >= 0.6 is 0 Å². The number of hydrogen-bond donors (Lipinski definition) is 0. The average molecular weight is 1100 g/mol. The first kappa shape index (κ1) is 50.5. The van der Waals surface area contributed by atoms with E-state index in [1.54, 1.807) is 0 Å². The quantitative estimate of drug-likeness (QED) is 0.0930. The van der Waals surface area contributed by atoms with Crippen molar-refractivity contribution < 1.29 is 0 Å². The zero-order valence-electron chi connectivity index (χ0n) is 50.0. The Bertz CT molecular complexity index is 4970. The summed E-state index contributed by atoms with van der Waals surface area (Å²) in [5, 5.41) is 20.5. The monoisotopic (exact) mass is 1100 g/mol. The molecule has 0 aliphatic heterocycles. The van der Waals surface area contributed by atoms with Crippen LogP contribution < -0.4 is 9.80 Å². The third-order valence-corrected chi connectivity index (χ3v) is 19.8. The van der Waals surface area contributed by atoms with Gasteiger partial charge in [0.25, 0.3) is 0 Å². The molecule has 15 aromatic carbocycles. The summed E-state index contributed by atoms with van der Waals surface area (Å²) in [7, 11) is 0. The Labute approximate surface area is 502 Å². The molecule has 0 amide bonds. The van der Waals surface area contributed by atoms with Gasteiger partial charge < -0.3 is 9.80 Å². The molecule has 0 spiro atoms. The van der Waals surface area contributed by atoms with Crippen LogP contribution in [0.1, 0.15) is 72.2 Å². The van der Waals surface area contributed by atoms with Gasteiger partial charge in [0.15, 0.2) is 0 Å². The van der Waals surface area contributed by atoms with Crippen LogP contribution in [0.4, 0.5) is 34.1 Å². The maximum Gasteiger partial charge on any atom is 0.0619 e. The molecule has 0 saturated carbocycles. The van der Waals surface area contributed by atoms with Crippen molar-refractivity contribution in [2.75, 3.05) is 9.80 Å². The third-order valence-electron chi connectivity index (χ3n) is 19.8. The van der Waals surface area contributed by atoms with Crippen molar-refractivity contribution in [1.29, 1.82) is 0 Å². The van der Waals surface area contributed by atoms with Gasteiger partial charge in [0, 0.05) is 55.1 Å². The summed E-state index contributed by atoms with van der Waals surface area (Å²) >= 11 is 0. The molecule has 0 N–H and O–H groups in total. The third kappa shape index (κ3) is 7.08. The molecule has 0 fully saturated rings. The summed E-state index contributed by atoms with van der Waals surface area (Å²) in [5.41, 5.74) is 21.9. The van der Waals surface area contributed by atoms with Crippen molar-refractivity contribution in [3.8, 4) is 22.3 Å². The number of rotatable bonds is 6. The second kappa shape index (κ2) is 18.2. The van der Waals surface area contributed by atoms with Crippen LogP contribution in [0.25, 0.3) is 108 Å². The van der Waals surface area contributed by atoms with Gasteiger partial charge in [0.1, 0.15) is 0 Å². The van der Waals surface area contributed by atoms with E-state index in [0.29, 0.717) is 0 Å². The molecular formula is C84H64N2. The Morgan fingerprint density at radius 2 is 0.488 bits per heavy atom. The highest BCUT2D eigenvalue weighted by atomic mass is 15.2. The van der Waals surface area contributed by atoms with E-state index in [2.05, 4.69) is 308 Å². The second-order valence-corrected chi connectivity index (χ2v) is 25.9. The first-order valence-corrected chi connectivity index (χ1v) is 30.6. The first-order valence-electron chi connectivity index (χ1n) is 30.6. The fraction of sp³-hybridized carbons (Fsp3) is 0.119. The van der Waals surface area contributed by atoms with Gasteiger partial charge in [-0.05, 0) is 208 Å². The molecule has 17 rings (SSSR count). The smallest absolute Gasteiger partial charge is 0.0619 e. The number of anilines is 6. The van der Waals surface area contributed by atoms with Crippen molar-refractivity contribution >= 4 is 120 Å². The lowest BCUT2D eigenvalue weighted by Gasteiger charge is -2.34. The fourth-order valence-corrected chi connectivity index (χ4v) is 16.4. The summed E-state index contributed by atoms with van der Waals surface area (Å²) in [6.45, 7) is 18.8. The Hall–Kier alpha value is -10.0. The van der Waals surface area contributed by atoms with E-state index in [0.717, 1.165) is 22.7 Å². The Morgan fingerprint density at radius 1 is 0.233 bits per heavy atom. The summed E-state index contributed by atoms with van der Waals surface area (Å²) in [6.07, 6.45) is 0. The van der Waals surface area contributed by atoms with Gasteiger partial charge in [-0.25, -0.2) is 0 Å². The minimum absolute atomic E-state index is 0.318. The molecule has 0 heterocycles. The molecule has 0 saturated heterocycles. The Morgan fingerprint density at radius 3 is 0.802 bits per heavy atom. The predicted molar refractivity (Wildman–Crippen MR) is 370 cm³/mol. The van der Waals surface area contributed by atoms with E-state index in [4.69, 9.17) is 0 Å². The van der Waals surface area contributed by atoms with Crippen molar-refractivity contribution in [3.63, 3.8) is 0 Å². The maximum absolute atomic E-state index is 2.59. The summed E-state index contributed by atoms with van der Waals surface area (Å²) < 4.78 is 0. The largest absolute Gasteiger partial charge is 0.309 e. The van der Waals surface area contributed by atoms with Crippen LogP contribution in [0.15, 0.2) is 243 Å². The molecule has 86 heavy (non-hydrogen) atoms. The molecule has 15 aromatic rings. The highest BCUT2D eigenvalue weighted by molar-refractivity contribution is 6.29. The number of aryl methyl sites for hydroxylation is 4. The topological polar surface area (TPSA) is 6.48 Å². The summed E-state index contributed by atoms with van der Waals surface area (Å²) in [4.78, 5) is 5.17. The average Bonchev–Trinajstić information content (AvgIpc) is 1.51. The van der Waals surface area contributed by atoms with Crippen molar-refractivity contribution in [2.24, 2.45) is 0 Å². The van der Waals surface area contributed by atoms with E-state index in [1.165, 1.54) is 164 Å². The van der Waals surface area contributed by atoms with Crippen LogP contribution in [0, 0.1) is 27.7 Å². The normalized spacial score (nSPS) is 13.8. The predicted octanol–water partition coefficient (Wildman–Crippen LogP) is 23.7. The second-order valence-electron chi connectivity index (χ2n) is 25.9. The first-order chi connectivity index (χ1) is 41.8. The van der Waals surface area contributed by atoms with Gasteiger partial charge in [0.05, 0.1) is 11.4 Å². The molecule has 2 aliphatic rings. The fourth-order valence-electron chi connectivity index (χ4n) is 16.4. The molecule has 2 nitrogen and oxygen atoms in total. The minimum Gasteiger partial charge on any atom is -0.309 e. The number of nitrogens with zero attached hydrogens (tertiary/aromatic N) is 2. The maximum atomic E-state index is 2.59. The van der Waals surface area contributed by atoms with Crippen LogP contribution in [0.5, 0.6) is 0 Å². The van der Waals surface area contributed by atoms with Crippen molar-refractivity contribution in [3.05, 3.63) is 287 Å². The van der Waals surface area contributed by atoms with Crippen molar-refractivity contribution in [2.45, 2.75) is 66.2 Å². The molecule has 410 valence electrons. The lowest BCUT2D eigenvalue weighted by Crippen LogP contribution is -2.18. The number of fused-ring (bicyclic) bond motifs is 22. The van der Waals surface area contributed by atoms with Crippen LogP contribution in [-0.4, -0.2) is 0 Å². The van der Waals surface area contributed by atoms with Crippen LogP contribution in [0.2, 0.25) is 0 Å². The summed E-state index contributed by atoms with van der Waals surface area (Å²) in [5.74, 6) is 0. The Kier molecular flexibility index (Phi) is 10.7. The van der Waals surface area contributed by atoms with Gasteiger partial charge in [0.2, 0.25) is 0 Å². The Balaban J connectivity index is 0.894. The van der Waals surface area contributed by atoms with Crippen molar-refractivity contribution in [1.82, 2.24) is 0 Å². The number of hydrogen-bond acceptors (Lipinski definition) is 2. The van der Waals surface area contributed by atoms with E-state index in [-0.39, 0.29) is 10.8 Å². The molecule has 0 unspecified atom stereocenters. The zero-order chi connectivity index (χ0) is 58.1. The van der Waals surface area contributed by atoms with Gasteiger partial charge in [-0.2, -0.15) is 0 Å². The lowest BCUT2D eigenvalue weighted by molar-refractivity contribution is 0.666. The highest BCUT2D eigenvalue weighted by Gasteiger charge is 2.41. The van der Waals surface area contributed by atoms with E-state index < -0.39 is 0 Å². The standard InChI is InChI=1S/C84H64N2/c1-49-41-50(2)44-55(43-49)85(53-33-35-63-69-39-37-67-61-25-11-9-21-57(61)59-23-13-15-27-65(59)77(67)79(69)83(5,6)75(63)47-53)81-71-29-17-19-31-73(71)82(74-32-20-18-30-72(74)81)86(56-45-51(3)42-52(4)46-56)54-34-36-64-70-40-38-68-62-26-12-10-22-58(62)60-24-14-16-28-66(60)78(68)80(70)84(7,8)76(64)48-54/h9-48H,1-8H3. The summed E-state index contributed by atoms with van der Waals surface area (Å²) in [6, 6.07) is 92.8. The van der Waals surface area contributed by atoms with E-state index in [9.17, 15) is 0 Å². The van der Waals surface area contributed by atoms with E-state index >= 15 is 0 Å². The van der Waals surface area contributed by atoms with Crippen LogP contribution in [-0.2, 0) is 10.8 Å². The lowest BCUT2D eigenvalue weighted by atomic mass is 9.78. The SMILES string of the molecule is Cc1cc(C)cc(N(c2ccc3c(c2)C(C)(C)c2c-3ccc3c4ccccc4c4ccccc4c23)c2c3ccccc3c(N(c3cc(C)cc(C)c3)c3ccc4c(c3)C(C)(C)c3c-4ccc4c5ccccc5c5ccccc5c34)c3ccccc23)c1.